The first-order chi connectivity index (χ1) is 2.91. The molecule has 0 aromatic rings. The van der Waals surface area contributed by atoms with Crippen LogP contribution in [0.3, 0.4) is 0 Å². The molecule has 0 rings (SSSR count). The highest BCUT2D eigenvalue weighted by Gasteiger charge is 1.62. The second-order valence-electron chi connectivity index (χ2n) is 0.615. The fourth-order valence-corrected chi connectivity index (χ4v) is 0.0911. The highest BCUT2D eigenvalue weighted by atomic mass is 16.6. The van der Waals surface area contributed by atoms with Gasteiger partial charge in [-0.2, -0.15) is 0 Å². The summed E-state index contributed by atoms with van der Waals surface area (Å²) in [6.07, 6.45) is 0. The predicted molar refractivity (Wildman–Crippen MR) is 20.7 cm³/mol. The number of rotatable bonds is 2. The van der Waals surface area contributed by atoms with Gasteiger partial charge < -0.3 is 10.7 Å². The van der Waals surface area contributed by atoms with Gasteiger partial charge in [-0.05, 0) is 12.1 Å². The summed E-state index contributed by atoms with van der Waals surface area (Å²) in [5.74, 6) is 4.55. The number of nitrogens with two attached hydrogens (primary N) is 1. The Hall–Kier alpha value is -0.800. The van der Waals surface area contributed by atoms with Crippen molar-refractivity contribution >= 4 is 0 Å². The number of hydrogen-bond acceptors (Lipinski definition) is 3. The molecule has 0 bridgehead atoms. The lowest BCUT2D eigenvalue weighted by Crippen LogP contribution is -1.79. The molecule has 0 radical (unpaired) electrons. The van der Waals surface area contributed by atoms with E-state index in [0.717, 1.165) is 0 Å². The smallest absolute Gasteiger partial charge is 0.116 e. The van der Waals surface area contributed by atoms with Crippen molar-refractivity contribution in [2.75, 3.05) is 6.61 Å². The number of nitrogens with zero attached hydrogens (tertiary/aromatic N) is 2. The third-order valence-corrected chi connectivity index (χ3v) is 0.234. The number of hydrogen-bond donors (Lipinski definition) is 1. The molecule has 0 saturated heterocycles. The normalized spacial score (nSPS) is 9.50. The lowest BCUT2D eigenvalue weighted by molar-refractivity contribution is 0.135. The third kappa shape index (κ3) is 3.20. The molecule has 0 atom stereocenters. The lowest BCUT2D eigenvalue weighted by atomic mass is 10.9. The van der Waals surface area contributed by atoms with Crippen LogP contribution >= 0.6 is 0 Å². The summed E-state index contributed by atoms with van der Waals surface area (Å²) in [5, 5.41) is 5.82. The van der Waals surface area contributed by atoms with Crippen LogP contribution in [0.2, 0.25) is 0 Å². The Labute approximate surface area is 35.9 Å². The van der Waals surface area contributed by atoms with Crippen molar-refractivity contribution in [1.29, 1.82) is 0 Å². The monoisotopic (exact) mass is 89.1 g/mol. The molecule has 2 N–H and O–H groups in total. The lowest BCUT2D eigenvalue weighted by Gasteiger charge is -1.81. The van der Waals surface area contributed by atoms with E-state index in [4.69, 9.17) is 0 Å². The molecule has 0 aliphatic carbocycles. The molecule has 0 spiro atoms. The molecule has 0 fully saturated rings. The van der Waals surface area contributed by atoms with Gasteiger partial charge in [0.2, 0.25) is 0 Å². The second-order valence-corrected chi connectivity index (χ2v) is 0.615. The average molecular weight is 89.1 g/mol. The van der Waals surface area contributed by atoms with Crippen LogP contribution in [0, 0.1) is 0 Å². The minimum Gasteiger partial charge on any atom is -0.378 e. The first kappa shape index (κ1) is 5.20. The van der Waals surface area contributed by atoms with Crippen LogP contribution in [0.4, 0.5) is 0 Å². The molecule has 0 aromatic carbocycles. The van der Waals surface area contributed by atoms with Crippen molar-refractivity contribution in [3.8, 4) is 0 Å². The van der Waals surface area contributed by atoms with Gasteiger partial charge in [-0.3, -0.25) is 0 Å². The van der Waals surface area contributed by atoms with E-state index in [1.54, 1.807) is 6.92 Å². The zero-order chi connectivity index (χ0) is 4.83. The molecule has 0 aromatic heterocycles. The quantitative estimate of drug-likeness (QED) is 0.300. The highest BCUT2D eigenvalue weighted by Crippen LogP contribution is 1.69. The summed E-state index contributed by atoms with van der Waals surface area (Å²) in [6, 6.07) is 0. The van der Waals surface area contributed by atoms with E-state index in [1.807, 2.05) is 0 Å². The van der Waals surface area contributed by atoms with Gasteiger partial charge in [0.25, 0.3) is 0 Å². The Bertz CT molecular complexity index is 44.1. The molecule has 4 heteroatoms. The average Bonchev–Trinajstić information content (AvgIpc) is 1.61. The van der Waals surface area contributed by atoms with Gasteiger partial charge in [-0.15, -0.1) is 0 Å². The summed E-state index contributed by atoms with van der Waals surface area (Å²) in [5.41, 5.74) is 0. The zero-order valence-corrected chi connectivity index (χ0v) is 3.59. The van der Waals surface area contributed by atoms with Gasteiger partial charge >= 0.3 is 0 Å². The fourth-order valence-electron chi connectivity index (χ4n) is 0.0911. The van der Waals surface area contributed by atoms with E-state index in [1.165, 1.54) is 0 Å². The molecule has 0 aliphatic heterocycles. The Morgan fingerprint density at radius 2 is 2.50 bits per heavy atom. The molecular weight excluding hydrogens is 82.0 g/mol. The fraction of sp³-hybridized carbons (Fsp3) is 1.00. The van der Waals surface area contributed by atoms with Crippen molar-refractivity contribution < 1.29 is 4.84 Å². The Balaban J connectivity index is 2.66. The molecule has 4 nitrogen and oxygen atoms in total. The van der Waals surface area contributed by atoms with E-state index < -0.39 is 0 Å². The van der Waals surface area contributed by atoms with Gasteiger partial charge in [0.1, 0.15) is 6.61 Å². The van der Waals surface area contributed by atoms with Crippen LogP contribution in [-0.4, -0.2) is 6.61 Å². The molecule has 0 heterocycles. The van der Waals surface area contributed by atoms with Crippen LogP contribution < -0.4 is 5.84 Å². The minimum absolute atomic E-state index is 0.515. The topological polar surface area (TPSA) is 60.0 Å². The van der Waals surface area contributed by atoms with Crippen LogP contribution in [0.25, 0.3) is 0 Å². The molecular formula is C2H7N3O. The zero-order valence-electron chi connectivity index (χ0n) is 3.59. The first-order valence-corrected chi connectivity index (χ1v) is 1.64. The summed E-state index contributed by atoms with van der Waals surface area (Å²) in [7, 11) is 0. The molecule has 6 heavy (non-hydrogen) atoms. The summed E-state index contributed by atoms with van der Waals surface area (Å²) < 4.78 is 0. The van der Waals surface area contributed by atoms with Crippen LogP contribution in [0.15, 0.2) is 10.5 Å². The maximum Gasteiger partial charge on any atom is 0.116 e. The van der Waals surface area contributed by atoms with Crippen molar-refractivity contribution in [2.24, 2.45) is 16.3 Å². The van der Waals surface area contributed by atoms with Crippen molar-refractivity contribution in [2.45, 2.75) is 6.92 Å². The minimum atomic E-state index is 0.515. The highest BCUT2D eigenvalue weighted by molar-refractivity contribution is 3.97. The van der Waals surface area contributed by atoms with Gasteiger partial charge in [-0.25, -0.2) is 0 Å². The summed E-state index contributed by atoms with van der Waals surface area (Å²) in [4.78, 5) is 4.32. The SMILES string of the molecule is CCO/N=N/N. The van der Waals surface area contributed by atoms with E-state index in [2.05, 4.69) is 21.2 Å². The molecule has 0 unspecified atom stereocenters. The Morgan fingerprint density at radius 3 is 2.67 bits per heavy atom. The molecule has 36 valence electrons. The maximum absolute atomic E-state index is 4.55. The van der Waals surface area contributed by atoms with Crippen LogP contribution in [-0.2, 0) is 4.84 Å². The molecule has 0 amide bonds. The Kier molecular flexibility index (Phi) is 3.64. The van der Waals surface area contributed by atoms with E-state index in [9.17, 15) is 0 Å². The van der Waals surface area contributed by atoms with Gasteiger partial charge in [-0.1, -0.05) is 0 Å². The van der Waals surface area contributed by atoms with E-state index in [0.29, 0.717) is 6.61 Å². The first-order valence-electron chi connectivity index (χ1n) is 1.64. The van der Waals surface area contributed by atoms with E-state index in [-0.39, 0.29) is 0 Å². The van der Waals surface area contributed by atoms with Crippen molar-refractivity contribution in [3.05, 3.63) is 0 Å². The molecule has 0 saturated carbocycles. The summed E-state index contributed by atoms with van der Waals surface area (Å²) in [6.45, 7) is 2.31. The second kappa shape index (κ2) is 4.20. The van der Waals surface area contributed by atoms with Gasteiger partial charge in [0.15, 0.2) is 0 Å². The van der Waals surface area contributed by atoms with Gasteiger partial charge in [0.05, 0.1) is 0 Å². The van der Waals surface area contributed by atoms with Crippen molar-refractivity contribution in [3.63, 3.8) is 0 Å². The maximum atomic E-state index is 4.55. The predicted octanol–water partition coefficient (Wildman–Crippen LogP) is 0.264. The Morgan fingerprint density at radius 1 is 1.83 bits per heavy atom. The largest absolute Gasteiger partial charge is 0.378 e. The van der Waals surface area contributed by atoms with Crippen LogP contribution in [0.5, 0.6) is 0 Å². The van der Waals surface area contributed by atoms with Crippen LogP contribution in [0.1, 0.15) is 6.92 Å². The summed E-state index contributed by atoms with van der Waals surface area (Å²) >= 11 is 0. The molecule has 0 aliphatic rings. The van der Waals surface area contributed by atoms with E-state index >= 15 is 0 Å². The van der Waals surface area contributed by atoms with Gasteiger partial charge in [0, 0.05) is 5.28 Å². The standard InChI is InChI=1S/C2H7N3O/c1-2-6-5-4-3/h2H2,1H3,(H2,3,5). The third-order valence-electron chi connectivity index (χ3n) is 0.234. The van der Waals surface area contributed by atoms with Crippen molar-refractivity contribution in [1.82, 2.24) is 0 Å².